The number of nitro groups is 1. The highest BCUT2D eigenvalue weighted by molar-refractivity contribution is 5.68. The number of aryl methyl sites for hydroxylation is 1. The molecule has 6 nitrogen and oxygen atoms in total. The van der Waals surface area contributed by atoms with E-state index in [0.717, 1.165) is 10.2 Å². The van der Waals surface area contributed by atoms with Gasteiger partial charge in [-0.2, -0.15) is 5.10 Å². The van der Waals surface area contributed by atoms with Crippen LogP contribution in [0.5, 0.6) is 0 Å². The standard InChI is InChI=1S/C12H12F2N4O2/c1-8-2-3-9(10(6-8)18(19)20)15-12-4-5-17(16-12)7-11(13)14/h2-6,11H,7H2,1H3,(H,15,16). The van der Waals surface area contributed by atoms with Gasteiger partial charge in [0.05, 0.1) is 4.92 Å². The topological polar surface area (TPSA) is 73.0 Å². The lowest BCUT2D eigenvalue weighted by atomic mass is 10.2. The molecule has 0 spiro atoms. The van der Waals surface area contributed by atoms with E-state index in [-0.39, 0.29) is 17.2 Å². The molecule has 1 aromatic carbocycles. The van der Waals surface area contributed by atoms with Crippen molar-refractivity contribution >= 4 is 17.2 Å². The summed E-state index contributed by atoms with van der Waals surface area (Å²) in [4.78, 5) is 10.4. The van der Waals surface area contributed by atoms with Crippen molar-refractivity contribution in [1.82, 2.24) is 9.78 Å². The average Bonchev–Trinajstić information content (AvgIpc) is 2.77. The van der Waals surface area contributed by atoms with Crippen LogP contribution < -0.4 is 5.32 Å². The van der Waals surface area contributed by atoms with E-state index in [2.05, 4.69) is 10.4 Å². The van der Waals surface area contributed by atoms with Crippen LogP contribution >= 0.6 is 0 Å². The molecule has 1 heterocycles. The maximum absolute atomic E-state index is 12.2. The molecule has 0 saturated heterocycles. The number of aromatic nitrogens is 2. The number of hydrogen-bond donors (Lipinski definition) is 1. The molecule has 1 N–H and O–H groups in total. The van der Waals surface area contributed by atoms with Gasteiger partial charge in [-0.05, 0) is 18.6 Å². The number of benzene rings is 1. The van der Waals surface area contributed by atoms with E-state index in [1.807, 2.05) is 0 Å². The molecule has 8 heteroatoms. The molecule has 2 rings (SSSR count). The van der Waals surface area contributed by atoms with Crippen molar-refractivity contribution in [3.8, 4) is 0 Å². The summed E-state index contributed by atoms with van der Waals surface area (Å²) in [6.45, 7) is 1.23. The van der Waals surface area contributed by atoms with E-state index in [0.29, 0.717) is 0 Å². The van der Waals surface area contributed by atoms with E-state index in [4.69, 9.17) is 0 Å². The summed E-state index contributed by atoms with van der Waals surface area (Å²) in [6, 6.07) is 6.18. The Bertz CT molecular complexity index is 628. The second-order valence-electron chi connectivity index (χ2n) is 4.22. The zero-order valence-corrected chi connectivity index (χ0v) is 10.6. The molecule has 0 radical (unpaired) electrons. The Morgan fingerprint density at radius 2 is 2.20 bits per heavy atom. The number of hydrogen-bond acceptors (Lipinski definition) is 4. The normalized spacial score (nSPS) is 10.8. The van der Waals surface area contributed by atoms with Gasteiger partial charge in [0, 0.05) is 18.3 Å². The average molecular weight is 282 g/mol. The molecule has 0 saturated carbocycles. The predicted molar refractivity (Wildman–Crippen MR) is 69.3 cm³/mol. The second-order valence-corrected chi connectivity index (χ2v) is 4.22. The minimum absolute atomic E-state index is 0.0894. The van der Waals surface area contributed by atoms with E-state index in [1.54, 1.807) is 19.1 Å². The van der Waals surface area contributed by atoms with Crippen LogP contribution in [0.1, 0.15) is 5.56 Å². The van der Waals surface area contributed by atoms with Gasteiger partial charge in [-0.3, -0.25) is 14.8 Å². The Labute approximate surface area is 113 Å². The molecule has 2 aromatic rings. The van der Waals surface area contributed by atoms with Crippen molar-refractivity contribution in [3.63, 3.8) is 0 Å². The van der Waals surface area contributed by atoms with Crippen LogP contribution in [0.25, 0.3) is 0 Å². The van der Waals surface area contributed by atoms with Crippen molar-refractivity contribution in [3.05, 3.63) is 46.1 Å². The van der Waals surface area contributed by atoms with E-state index in [1.165, 1.54) is 18.3 Å². The van der Waals surface area contributed by atoms with E-state index < -0.39 is 17.9 Å². The van der Waals surface area contributed by atoms with Gasteiger partial charge in [-0.25, -0.2) is 8.78 Å². The molecule has 0 bridgehead atoms. The summed E-state index contributed by atoms with van der Waals surface area (Å²) in [5.41, 5.74) is 0.932. The smallest absolute Gasteiger partial charge is 0.292 e. The SMILES string of the molecule is Cc1ccc(Nc2ccn(CC(F)F)n2)c([N+](=O)[O-])c1. The quantitative estimate of drug-likeness (QED) is 0.675. The molecule has 20 heavy (non-hydrogen) atoms. The molecule has 0 aliphatic carbocycles. The van der Waals surface area contributed by atoms with Crippen LogP contribution in [0, 0.1) is 17.0 Å². The first-order valence-corrected chi connectivity index (χ1v) is 5.79. The molecule has 0 amide bonds. The summed E-state index contributed by atoms with van der Waals surface area (Å²) in [6.07, 6.45) is -1.12. The minimum Gasteiger partial charge on any atom is -0.333 e. The van der Waals surface area contributed by atoms with Crippen molar-refractivity contribution < 1.29 is 13.7 Å². The van der Waals surface area contributed by atoms with Crippen molar-refractivity contribution in [2.24, 2.45) is 0 Å². The van der Waals surface area contributed by atoms with Crippen molar-refractivity contribution in [2.75, 3.05) is 5.32 Å². The third-order valence-electron chi connectivity index (χ3n) is 2.58. The number of anilines is 2. The van der Waals surface area contributed by atoms with Crippen LogP contribution in [0.3, 0.4) is 0 Å². The van der Waals surface area contributed by atoms with Gasteiger partial charge < -0.3 is 5.32 Å². The lowest BCUT2D eigenvalue weighted by molar-refractivity contribution is -0.384. The Morgan fingerprint density at radius 3 is 2.85 bits per heavy atom. The lowest BCUT2D eigenvalue weighted by Crippen LogP contribution is -2.07. The first-order valence-electron chi connectivity index (χ1n) is 5.79. The van der Waals surface area contributed by atoms with E-state index in [9.17, 15) is 18.9 Å². The fourth-order valence-corrected chi connectivity index (χ4v) is 1.71. The summed E-state index contributed by atoms with van der Waals surface area (Å²) in [7, 11) is 0. The Kier molecular flexibility index (Phi) is 3.92. The first-order chi connectivity index (χ1) is 9.45. The number of halogens is 2. The molecule has 0 aliphatic heterocycles. The summed E-state index contributed by atoms with van der Waals surface area (Å²) in [5.74, 6) is 0.276. The molecular formula is C12H12F2N4O2. The second kappa shape index (κ2) is 5.64. The number of nitrogens with one attached hydrogen (secondary N) is 1. The highest BCUT2D eigenvalue weighted by Crippen LogP contribution is 2.27. The molecule has 0 aliphatic rings. The Morgan fingerprint density at radius 1 is 1.45 bits per heavy atom. The third kappa shape index (κ3) is 3.28. The molecular weight excluding hydrogens is 270 g/mol. The molecule has 106 valence electrons. The fourth-order valence-electron chi connectivity index (χ4n) is 1.71. The number of rotatable bonds is 5. The van der Waals surface area contributed by atoms with Gasteiger partial charge in [0.25, 0.3) is 12.1 Å². The monoisotopic (exact) mass is 282 g/mol. The van der Waals surface area contributed by atoms with Gasteiger partial charge in [0.2, 0.25) is 0 Å². The first kappa shape index (κ1) is 13.9. The number of nitro benzene ring substituents is 1. The molecule has 0 unspecified atom stereocenters. The van der Waals surface area contributed by atoms with Gasteiger partial charge in [-0.1, -0.05) is 6.07 Å². The molecule has 0 fully saturated rings. The number of alkyl halides is 2. The fraction of sp³-hybridized carbons (Fsp3) is 0.250. The number of nitrogens with zero attached hydrogens (tertiary/aromatic N) is 3. The maximum Gasteiger partial charge on any atom is 0.292 e. The van der Waals surface area contributed by atoms with Crippen molar-refractivity contribution in [1.29, 1.82) is 0 Å². The van der Waals surface area contributed by atoms with Gasteiger partial charge in [0.1, 0.15) is 12.2 Å². The Hall–Kier alpha value is -2.51. The maximum atomic E-state index is 12.2. The van der Waals surface area contributed by atoms with Gasteiger partial charge >= 0.3 is 0 Å². The van der Waals surface area contributed by atoms with Gasteiger partial charge in [-0.15, -0.1) is 0 Å². The summed E-state index contributed by atoms with van der Waals surface area (Å²) < 4.78 is 25.5. The Balaban J connectivity index is 2.21. The van der Waals surface area contributed by atoms with Crippen molar-refractivity contribution in [2.45, 2.75) is 19.9 Å². The van der Waals surface area contributed by atoms with Crippen LogP contribution in [0.15, 0.2) is 30.5 Å². The van der Waals surface area contributed by atoms with Crippen LogP contribution in [0.4, 0.5) is 26.0 Å². The zero-order valence-electron chi connectivity index (χ0n) is 10.6. The van der Waals surface area contributed by atoms with E-state index >= 15 is 0 Å². The predicted octanol–water partition coefficient (Wildman–Crippen LogP) is 3.11. The summed E-state index contributed by atoms with van der Waals surface area (Å²) in [5, 5.41) is 17.6. The summed E-state index contributed by atoms with van der Waals surface area (Å²) >= 11 is 0. The highest BCUT2D eigenvalue weighted by atomic mass is 19.3. The van der Waals surface area contributed by atoms with Gasteiger partial charge in [0.15, 0.2) is 5.82 Å². The molecule has 0 atom stereocenters. The van der Waals surface area contributed by atoms with Crippen LogP contribution in [-0.4, -0.2) is 21.1 Å². The minimum atomic E-state index is -2.50. The third-order valence-corrected chi connectivity index (χ3v) is 2.58. The van der Waals surface area contributed by atoms with Crippen LogP contribution in [-0.2, 0) is 6.54 Å². The lowest BCUT2D eigenvalue weighted by Gasteiger charge is -2.05. The van der Waals surface area contributed by atoms with Crippen LogP contribution in [0.2, 0.25) is 0 Å². The highest BCUT2D eigenvalue weighted by Gasteiger charge is 2.15. The largest absolute Gasteiger partial charge is 0.333 e. The molecule has 1 aromatic heterocycles. The zero-order chi connectivity index (χ0) is 14.7.